The van der Waals surface area contributed by atoms with Gasteiger partial charge in [0.25, 0.3) is 5.91 Å². The van der Waals surface area contributed by atoms with Crippen molar-refractivity contribution >= 4 is 51.0 Å². The van der Waals surface area contributed by atoms with Crippen LogP contribution in [0.3, 0.4) is 0 Å². The lowest BCUT2D eigenvalue weighted by molar-refractivity contribution is -0.197. The topological polar surface area (TPSA) is 101 Å². The Kier molecular flexibility index (Phi) is 7.65. The van der Waals surface area contributed by atoms with Gasteiger partial charge in [0.05, 0.1) is 10.9 Å². The summed E-state index contributed by atoms with van der Waals surface area (Å²) in [4.78, 5) is 46.9. The predicted molar refractivity (Wildman–Crippen MR) is 188 cm³/mol. The van der Waals surface area contributed by atoms with E-state index in [1.165, 1.54) is 0 Å². The van der Waals surface area contributed by atoms with Crippen molar-refractivity contribution in [2.24, 2.45) is 11.8 Å². The van der Waals surface area contributed by atoms with E-state index in [4.69, 9.17) is 31.0 Å². The number of ether oxygens (including phenoxy) is 2. The molecule has 4 aromatic rings. The first-order valence-corrected chi connectivity index (χ1v) is 18.3. The minimum atomic E-state index is -0.735. The van der Waals surface area contributed by atoms with Crippen molar-refractivity contribution in [1.82, 2.24) is 24.8 Å². The van der Waals surface area contributed by atoms with Crippen LogP contribution in [0.15, 0.2) is 42.6 Å². The van der Waals surface area contributed by atoms with Gasteiger partial charge in [-0.3, -0.25) is 19.5 Å². The van der Waals surface area contributed by atoms with E-state index in [1.54, 1.807) is 12.3 Å². The standard InChI is InChI=1S/C38H40ClFN6O4/c1-21(2)28-33(50-36(28)48)35(47)46-23-11-12-24(46)19-44(18-23)34-26-17-41-31(25-9-3-7-22-8-4-10-27(39)29(22)25)30(40)32(26)42-37(43-34)49-20-38-13-5-15-45(38)16-6-14-38/h3-4,7-10,17,21,23-24,28,33H,5-6,11-16,18-20H2,1-2H3/t23?,24?,28-,33+/m0/s1. The highest BCUT2D eigenvalue weighted by molar-refractivity contribution is 6.36. The number of carbonyl (C=O) groups excluding carboxylic acids is 2. The number of anilines is 1. The molecule has 0 spiro atoms. The molecular formula is C38H40ClFN6O4. The van der Waals surface area contributed by atoms with Crippen LogP contribution < -0.4 is 9.64 Å². The van der Waals surface area contributed by atoms with Crippen LogP contribution in [0, 0.1) is 17.7 Å². The van der Waals surface area contributed by atoms with Gasteiger partial charge in [0.1, 0.15) is 29.6 Å². The molecule has 4 atom stereocenters. The molecule has 50 heavy (non-hydrogen) atoms. The monoisotopic (exact) mass is 698 g/mol. The minimum absolute atomic E-state index is 0.0206. The fraction of sp³-hybridized carbons (Fsp3) is 0.500. The molecule has 9 rings (SSSR count). The Morgan fingerprint density at radius 2 is 1.80 bits per heavy atom. The average molecular weight is 699 g/mol. The summed E-state index contributed by atoms with van der Waals surface area (Å²) in [6, 6.07) is 11.2. The molecule has 0 saturated carbocycles. The van der Waals surface area contributed by atoms with Crippen LogP contribution >= 0.6 is 11.6 Å². The molecule has 10 nitrogen and oxygen atoms in total. The first kappa shape index (κ1) is 31.9. The van der Waals surface area contributed by atoms with Crippen molar-refractivity contribution in [2.45, 2.75) is 76.1 Å². The summed E-state index contributed by atoms with van der Waals surface area (Å²) in [6.45, 7) is 7.47. The van der Waals surface area contributed by atoms with Crippen molar-refractivity contribution < 1.29 is 23.5 Å². The number of pyridine rings is 1. The van der Waals surface area contributed by atoms with Gasteiger partial charge < -0.3 is 19.3 Å². The van der Waals surface area contributed by atoms with E-state index in [-0.39, 0.29) is 52.6 Å². The van der Waals surface area contributed by atoms with Crippen LogP contribution in [0.4, 0.5) is 10.2 Å². The summed E-state index contributed by atoms with van der Waals surface area (Å²) in [6.07, 6.45) is 6.95. The second-order valence-electron chi connectivity index (χ2n) is 15.0. The van der Waals surface area contributed by atoms with E-state index in [2.05, 4.69) is 14.8 Å². The third kappa shape index (κ3) is 4.94. The third-order valence-electron chi connectivity index (χ3n) is 11.9. The molecule has 2 unspecified atom stereocenters. The van der Waals surface area contributed by atoms with Crippen molar-refractivity contribution in [3.63, 3.8) is 0 Å². The zero-order chi connectivity index (χ0) is 34.3. The molecule has 0 N–H and O–H groups in total. The van der Waals surface area contributed by atoms with Crippen molar-refractivity contribution in [1.29, 1.82) is 0 Å². The Morgan fingerprint density at radius 3 is 2.50 bits per heavy atom. The van der Waals surface area contributed by atoms with Crippen LogP contribution in [0.2, 0.25) is 5.02 Å². The van der Waals surface area contributed by atoms with E-state index in [0.717, 1.165) is 62.4 Å². The fourth-order valence-electron chi connectivity index (χ4n) is 9.40. The van der Waals surface area contributed by atoms with E-state index < -0.39 is 17.8 Å². The number of nitrogens with zero attached hydrogens (tertiary/aromatic N) is 6. The van der Waals surface area contributed by atoms with Crippen LogP contribution in [0.5, 0.6) is 6.01 Å². The van der Waals surface area contributed by atoms with E-state index in [9.17, 15) is 9.59 Å². The van der Waals surface area contributed by atoms with E-state index in [1.807, 2.05) is 49.1 Å². The third-order valence-corrected chi connectivity index (χ3v) is 12.2. The molecule has 2 aromatic heterocycles. The summed E-state index contributed by atoms with van der Waals surface area (Å²) in [5.74, 6) is -0.831. The first-order valence-electron chi connectivity index (χ1n) is 17.9. The van der Waals surface area contributed by atoms with Gasteiger partial charge in [-0.1, -0.05) is 55.8 Å². The summed E-state index contributed by atoms with van der Waals surface area (Å²) < 4.78 is 28.8. The number of esters is 1. The number of cyclic esters (lactones) is 1. The lowest BCUT2D eigenvalue weighted by Crippen LogP contribution is -2.63. The number of halogens is 2. The molecule has 260 valence electrons. The normalized spacial score (nSPS) is 25.7. The molecule has 1 amide bonds. The van der Waals surface area contributed by atoms with Crippen molar-refractivity contribution in [3.05, 3.63) is 53.4 Å². The molecule has 2 bridgehead atoms. The Morgan fingerprint density at radius 1 is 1.08 bits per heavy atom. The maximum atomic E-state index is 16.9. The Bertz CT molecular complexity index is 2010. The number of carbonyl (C=O) groups is 2. The Hall–Kier alpha value is -4.09. The fourth-order valence-corrected chi connectivity index (χ4v) is 9.69. The zero-order valence-corrected chi connectivity index (χ0v) is 29.0. The lowest BCUT2D eigenvalue weighted by Gasteiger charge is -2.45. The van der Waals surface area contributed by atoms with Crippen LogP contribution in [-0.2, 0) is 14.3 Å². The smallest absolute Gasteiger partial charge is 0.319 e. The molecule has 2 aromatic carbocycles. The predicted octanol–water partition coefficient (Wildman–Crippen LogP) is 6.02. The summed E-state index contributed by atoms with van der Waals surface area (Å²) in [5, 5.41) is 2.62. The minimum Gasteiger partial charge on any atom is -0.461 e. The highest BCUT2D eigenvalue weighted by Gasteiger charge is 2.54. The van der Waals surface area contributed by atoms with E-state index in [0.29, 0.717) is 41.5 Å². The molecule has 5 aliphatic rings. The largest absolute Gasteiger partial charge is 0.461 e. The molecule has 5 saturated heterocycles. The molecular weight excluding hydrogens is 659 g/mol. The van der Waals surface area contributed by atoms with Gasteiger partial charge in [0.15, 0.2) is 11.9 Å². The number of rotatable bonds is 7. The SMILES string of the molecule is CC(C)[C@@H]1C(=O)O[C@H]1C(=O)N1C2CCC1CN(c1nc(OCC34CCCN3CCC4)nc3c(F)c(-c4cccc5cccc(Cl)c45)ncc13)C2. The van der Waals surface area contributed by atoms with Gasteiger partial charge >= 0.3 is 12.0 Å². The maximum absolute atomic E-state index is 16.9. The van der Waals surface area contributed by atoms with Gasteiger partial charge in [0, 0.05) is 47.3 Å². The van der Waals surface area contributed by atoms with Gasteiger partial charge in [-0.05, 0) is 69.0 Å². The first-order chi connectivity index (χ1) is 24.2. The molecule has 7 heterocycles. The molecule has 5 fully saturated rings. The summed E-state index contributed by atoms with van der Waals surface area (Å²) >= 11 is 6.65. The van der Waals surface area contributed by atoms with Gasteiger partial charge in [-0.25, -0.2) is 4.39 Å². The van der Waals surface area contributed by atoms with Crippen LogP contribution in [-0.4, -0.2) is 93.1 Å². The van der Waals surface area contributed by atoms with Gasteiger partial charge in [0.2, 0.25) is 0 Å². The number of piperazine rings is 1. The van der Waals surface area contributed by atoms with Crippen LogP contribution in [0.1, 0.15) is 52.4 Å². The van der Waals surface area contributed by atoms with E-state index >= 15 is 4.39 Å². The van der Waals surface area contributed by atoms with Gasteiger partial charge in [-0.15, -0.1) is 0 Å². The number of hydrogen-bond acceptors (Lipinski definition) is 9. The highest BCUT2D eigenvalue weighted by atomic mass is 35.5. The quantitative estimate of drug-likeness (QED) is 0.215. The average Bonchev–Trinajstić information content (AvgIpc) is 3.76. The van der Waals surface area contributed by atoms with Crippen LogP contribution in [0.25, 0.3) is 32.9 Å². The second kappa shape index (κ2) is 12.0. The molecule has 5 aliphatic heterocycles. The number of amides is 1. The molecule has 0 radical (unpaired) electrons. The number of benzene rings is 2. The summed E-state index contributed by atoms with van der Waals surface area (Å²) in [5.41, 5.74) is 0.846. The second-order valence-corrected chi connectivity index (χ2v) is 15.4. The molecule has 0 aliphatic carbocycles. The Balaban J connectivity index is 1.09. The number of hydrogen-bond donors (Lipinski definition) is 0. The maximum Gasteiger partial charge on any atom is 0.319 e. The van der Waals surface area contributed by atoms with Crippen molar-refractivity contribution in [2.75, 3.05) is 37.7 Å². The molecule has 12 heteroatoms. The Labute approximate surface area is 294 Å². The van der Waals surface area contributed by atoms with Crippen molar-refractivity contribution in [3.8, 4) is 17.3 Å². The number of fused-ring (bicyclic) bond motifs is 5. The summed E-state index contributed by atoms with van der Waals surface area (Å²) in [7, 11) is 0. The van der Waals surface area contributed by atoms with Gasteiger partial charge in [-0.2, -0.15) is 9.97 Å². The lowest BCUT2D eigenvalue weighted by atomic mass is 9.85. The number of aromatic nitrogens is 3. The zero-order valence-electron chi connectivity index (χ0n) is 28.3. The highest BCUT2D eigenvalue weighted by Crippen LogP contribution is 2.42.